The third kappa shape index (κ3) is 4.91. The number of carbonyl (C=O) groups is 1. The summed E-state index contributed by atoms with van der Waals surface area (Å²) in [5, 5.41) is 22.2. The van der Waals surface area contributed by atoms with Crippen LogP contribution in [0.5, 0.6) is 11.5 Å². The van der Waals surface area contributed by atoms with E-state index in [1.807, 2.05) is 6.07 Å². The van der Waals surface area contributed by atoms with Gasteiger partial charge in [-0.25, -0.2) is 9.37 Å². The van der Waals surface area contributed by atoms with E-state index < -0.39 is 12.2 Å². The van der Waals surface area contributed by atoms with Crippen LogP contribution in [-0.2, 0) is 5.60 Å². The molecule has 186 valence electrons. The molecule has 0 amide bonds. The van der Waals surface area contributed by atoms with Crippen molar-refractivity contribution >= 4 is 16.7 Å². The molecule has 0 aliphatic heterocycles. The van der Waals surface area contributed by atoms with Gasteiger partial charge in [0.1, 0.15) is 34.1 Å². The molecule has 7 nitrogen and oxygen atoms in total. The predicted octanol–water partition coefficient (Wildman–Crippen LogP) is 4.60. The molecule has 0 spiro atoms. The highest BCUT2D eigenvalue weighted by Gasteiger charge is 2.32. The van der Waals surface area contributed by atoms with Crippen LogP contribution in [0.15, 0.2) is 60.8 Å². The number of hydrogen-bond donors (Lipinski definition) is 2. The maximum atomic E-state index is 13.8. The molecule has 0 saturated heterocycles. The summed E-state index contributed by atoms with van der Waals surface area (Å²) in [6, 6.07) is 14.7. The molecule has 1 atom stereocenters. The Morgan fingerprint density at radius 2 is 1.83 bits per heavy atom. The number of Topliss-reactive ketones (excluding diaryl/α,β-unsaturated/α-hetero) is 1. The minimum absolute atomic E-state index is 0.0509. The van der Waals surface area contributed by atoms with Gasteiger partial charge in [-0.2, -0.15) is 0 Å². The largest absolute Gasteiger partial charge is 0.494 e. The number of ketones is 1. The van der Waals surface area contributed by atoms with Crippen LogP contribution in [0, 0.1) is 12.7 Å². The fourth-order valence-electron chi connectivity index (χ4n) is 4.10. The summed E-state index contributed by atoms with van der Waals surface area (Å²) >= 11 is 0. The minimum atomic E-state index is -1.78. The Morgan fingerprint density at radius 1 is 1.06 bits per heavy atom. The number of ether oxygens (including phenoxy) is 2. The summed E-state index contributed by atoms with van der Waals surface area (Å²) < 4.78 is 24.6. The summed E-state index contributed by atoms with van der Waals surface area (Å²) in [4.78, 5) is 21.9. The summed E-state index contributed by atoms with van der Waals surface area (Å²) in [5.74, 6) is 0.331. The van der Waals surface area contributed by atoms with Gasteiger partial charge in [0.25, 0.3) is 0 Å². The Labute approximate surface area is 208 Å². The number of carbonyl (C=O) groups excluding carboxylic acids is 1. The van der Waals surface area contributed by atoms with Crippen LogP contribution in [0.1, 0.15) is 34.5 Å². The number of pyridine rings is 2. The highest BCUT2D eigenvalue weighted by Crippen LogP contribution is 2.34. The number of benzene rings is 2. The maximum Gasteiger partial charge on any atom is 0.163 e. The van der Waals surface area contributed by atoms with Gasteiger partial charge in [0.2, 0.25) is 0 Å². The molecule has 0 fully saturated rings. The summed E-state index contributed by atoms with van der Waals surface area (Å²) in [6.07, 6.45) is 1.53. The molecule has 0 aliphatic carbocycles. The molecule has 2 heterocycles. The Hall–Kier alpha value is -3.88. The SMILES string of the molecule is COc1ccc(C(O)(CO)CCC(=O)c2cc(OC)c3ncccc3c2)nc1-c1ccc(F)c(C)c1. The van der Waals surface area contributed by atoms with Crippen LogP contribution < -0.4 is 9.47 Å². The molecule has 0 aliphatic rings. The van der Waals surface area contributed by atoms with Crippen molar-refractivity contribution in [2.75, 3.05) is 20.8 Å². The third-order valence-electron chi connectivity index (χ3n) is 6.23. The van der Waals surface area contributed by atoms with Gasteiger partial charge in [0.05, 0.1) is 26.5 Å². The lowest BCUT2D eigenvalue weighted by Gasteiger charge is -2.26. The first-order chi connectivity index (χ1) is 17.3. The van der Waals surface area contributed by atoms with Crippen LogP contribution in [0.2, 0.25) is 0 Å². The van der Waals surface area contributed by atoms with Gasteiger partial charge in [-0.15, -0.1) is 0 Å². The average Bonchev–Trinajstić information content (AvgIpc) is 2.91. The molecule has 8 heteroatoms. The molecule has 4 rings (SSSR count). The number of halogens is 1. The van der Waals surface area contributed by atoms with Crippen molar-refractivity contribution in [2.24, 2.45) is 0 Å². The molecule has 0 radical (unpaired) electrons. The van der Waals surface area contributed by atoms with Gasteiger partial charge in [0.15, 0.2) is 5.78 Å². The predicted molar refractivity (Wildman–Crippen MR) is 134 cm³/mol. The molecule has 2 aromatic heterocycles. The number of aryl methyl sites for hydroxylation is 1. The Morgan fingerprint density at radius 3 is 2.53 bits per heavy atom. The summed E-state index contributed by atoms with van der Waals surface area (Å²) in [5.41, 5.74) is 0.881. The van der Waals surface area contributed by atoms with E-state index in [2.05, 4.69) is 9.97 Å². The van der Waals surface area contributed by atoms with E-state index in [4.69, 9.17) is 9.47 Å². The maximum absolute atomic E-state index is 13.8. The van der Waals surface area contributed by atoms with Gasteiger partial charge in [-0.05, 0) is 67.4 Å². The molecule has 0 bridgehead atoms. The van der Waals surface area contributed by atoms with Crippen molar-refractivity contribution in [1.29, 1.82) is 0 Å². The Bertz CT molecular complexity index is 1420. The zero-order valence-corrected chi connectivity index (χ0v) is 20.3. The normalized spacial score (nSPS) is 12.8. The zero-order chi connectivity index (χ0) is 25.9. The second kappa shape index (κ2) is 10.4. The quantitative estimate of drug-likeness (QED) is 0.331. The van der Waals surface area contributed by atoms with Crippen molar-refractivity contribution < 1.29 is 28.9 Å². The van der Waals surface area contributed by atoms with Gasteiger partial charge >= 0.3 is 0 Å². The first-order valence-electron chi connectivity index (χ1n) is 11.4. The lowest BCUT2D eigenvalue weighted by Crippen LogP contribution is -2.32. The van der Waals surface area contributed by atoms with E-state index in [9.17, 15) is 19.4 Å². The minimum Gasteiger partial charge on any atom is -0.494 e. The highest BCUT2D eigenvalue weighted by molar-refractivity contribution is 6.01. The smallest absolute Gasteiger partial charge is 0.163 e. The van der Waals surface area contributed by atoms with Crippen LogP contribution >= 0.6 is 0 Å². The Balaban J connectivity index is 1.62. The van der Waals surface area contributed by atoms with Gasteiger partial charge in [0, 0.05) is 29.1 Å². The van der Waals surface area contributed by atoms with E-state index >= 15 is 0 Å². The lowest BCUT2D eigenvalue weighted by molar-refractivity contribution is -0.0298. The molecule has 2 N–H and O–H groups in total. The Kier molecular flexibility index (Phi) is 7.28. The topological polar surface area (TPSA) is 102 Å². The van der Waals surface area contributed by atoms with Gasteiger partial charge in [-0.1, -0.05) is 6.07 Å². The molecule has 0 saturated carbocycles. The monoisotopic (exact) mass is 490 g/mol. The molecule has 1 unspecified atom stereocenters. The number of nitrogens with zero attached hydrogens (tertiary/aromatic N) is 2. The van der Waals surface area contributed by atoms with E-state index in [1.165, 1.54) is 20.3 Å². The molecular formula is C28H27FN2O5. The highest BCUT2D eigenvalue weighted by atomic mass is 19.1. The fraction of sp³-hybridized carbons (Fsp3) is 0.250. The van der Waals surface area contributed by atoms with Crippen LogP contribution in [-0.4, -0.2) is 46.8 Å². The van der Waals surface area contributed by atoms with E-state index in [0.29, 0.717) is 39.4 Å². The number of fused-ring (bicyclic) bond motifs is 1. The van der Waals surface area contributed by atoms with Crippen LogP contribution in [0.3, 0.4) is 0 Å². The number of aliphatic hydroxyl groups is 2. The van der Waals surface area contributed by atoms with Crippen LogP contribution in [0.25, 0.3) is 22.2 Å². The molecule has 4 aromatic rings. The number of aliphatic hydroxyl groups excluding tert-OH is 1. The van der Waals surface area contributed by atoms with Gasteiger partial charge in [-0.3, -0.25) is 9.78 Å². The van der Waals surface area contributed by atoms with Crippen molar-refractivity contribution in [3.8, 4) is 22.8 Å². The first-order valence-corrected chi connectivity index (χ1v) is 11.4. The van der Waals surface area contributed by atoms with Crippen molar-refractivity contribution in [3.63, 3.8) is 0 Å². The molecule has 2 aromatic carbocycles. The van der Waals surface area contributed by atoms with Gasteiger partial charge < -0.3 is 19.7 Å². The lowest BCUT2D eigenvalue weighted by atomic mass is 9.90. The van der Waals surface area contributed by atoms with Crippen molar-refractivity contribution in [2.45, 2.75) is 25.4 Å². The first kappa shape index (κ1) is 25.2. The van der Waals surface area contributed by atoms with E-state index in [0.717, 1.165) is 5.39 Å². The fourth-order valence-corrected chi connectivity index (χ4v) is 4.10. The number of methoxy groups -OCH3 is 2. The van der Waals surface area contributed by atoms with Crippen molar-refractivity contribution in [1.82, 2.24) is 9.97 Å². The number of rotatable bonds is 9. The second-order valence-corrected chi connectivity index (χ2v) is 8.58. The average molecular weight is 491 g/mol. The number of hydrogen-bond acceptors (Lipinski definition) is 7. The molecular weight excluding hydrogens is 463 g/mol. The summed E-state index contributed by atoms with van der Waals surface area (Å²) in [6.45, 7) is 0.995. The standard InChI is InChI=1S/C28H27FN2O5/c1-17-13-19(6-7-21(17)29)27-23(35-2)8-9-25(31-27)28(34,16-32)11-10-22(33)20-14-18-5-4-12-30-26(18)24(15-20)36-3/h4-9,12-15,32,34H,10-11,16H2,1-3H3. The second-order valence-electron chi connectivity index (χ2n) is 8.58. The molecule has 36 heavy (non-hydrogen) atoms. The number of aromatic nitrogens is 2. The van der Waals surface area contributed by atoms with E-state index in [-0.39, 0.29) is 30.1 Å². The third-order valence-corrected chi connectivity index (χ3v) is 6.23. The zero-order valence-electron chi connectivity index (χ0n) is 20.3. The van der Waals surface area contributed by atoms with E-state index in [1.54, 1.807) is 55.6 Å². The van der Waals surface area contributed by atoms with Crippen molar-refractivity contribution in [3.05, 3.63) is 83.4 Å². The summed E-state index contributed by atoms with van der Waals surface area (Å²) in [7, 11) is 3.00. The van der Waals surface area contributed by atoms with Crippen LogP contribution in [0.4, 0.5) is 4.39 Å².